The molecule has 7 heteroatoms. The molecule has 1 fully saturated rings. The molecule has 2 amide bonds. The Kier molecular flexibility index (Phi) is 6.12. The molecular formula is C19H25N3O4. The number of hydrogen-bond acceptors (Lipinski definition) is 5. The minimum atomic E-state index is -0.0735. The van der Waals surface area contributed by atoms with Gasteiger partial charge in [-0.25, -0.2) is 0 Å². The molecule has 2 N–H and O–H groups in total. The van der Waals surface area contributed by atoms with Crippen LogP contribution < -0.4 is 15.5 Å². The van der Waals surface area contributed by atoms with E-state index in [1.807, 2.05) is 30.3 Å². The van der Waals surface area contributed by atoms with Gasteiger partial charge in [-0.2, -0.15) is 0 Å². The standard InChI is InChI=1S/C19H25N3O4/c1-25-15-6-4-14(5-7-15)17-8-9-19(24)22(21-17)11-10-18(23)20-13-16-3-2-12-26-16/h4-8,16,21H,2-3,9-13H2,1H3,(H,20,23). The van der Waals surface area contributed by atoms with E-state index in [1.54, 1.807) is 7.11 Å². The summed E-state index contributed by atoms with van der Waals surface area (Å²) < 4.78 is 10.6. The lowest BCUT2D eigenvalue weighted by molar-refractivity contribution is -0.133. The minimum absolute atomic E-state index is 0.0470. The second-order valence-electron chi connectivity index (χ2n) is 6.40. The molecule has 1 saturated heterocycles. The van der Waals surface area contributed by atoms with Gasteiger partial charge >= 0.3 is 0 Å². The zero-order chi connectivity index (χ0) is 18.4. The van der Waals surface area contributed by atoms with Crippen molar-refractivity contribution in [3.63, 3.8) is 0 Å². The van der Waals surface area contributed by atoms with Gasteiger partial charge in [0.15, 0.2) is 0 Å². The van der Waals surface area contributed by atoms with Crippen LogP contribution >= 0.6 is 0 Å². The van der Waals surface area contributed by atoms with Gasteiger partial charge in [-0.15, -0.1) is 0 Å². The molecule has 0 aliphatic carbocycles. The number of nitrogens with zero attached hydrogens (tertiary/aromatic N) is 1. The summed E-state index contributed by atoms with van der Waals surface area (Å²) in [7, 11) is 1.62. The molecular weight excluding hydrogens is 334 g/mol. The Morgan fingerprint density at radius 1 is 1.38 bits per heavy atom. The molecule has 0 spiro atoms. The third-order valence-corrected chi connectivity index (χ3v) is 4.55. The number of carbonyl (C=O) groups is 2. The van der Waals surface area contributed by atoms with Crippen LogP contribution in [-0.2, 0) is 14.3 Å². The molecule has 1 atom stereocenters. The van der Waals surface area contributed by atoms with Gasteiger partial charge in [0.25, 0.3) is 0 Å². The van der Waals surface area contributed by atoms with Gasteiger partial charge in [-0.05, 0) is 48.7 Å². The summed E-state index contributed by atoms with van der Waals surface area (Å²) in [5.41, 5.74) is 4.93. The number of methoxy groups -OCH3 is 1. The van der Waals surface area contributed by atoms with E-state index in [2.05, 4.69) is 10.7 Å². The van der Waals surface area contributed by atoms with Crippen molar-refractivity contribution in [2.45, 2.75) is 31.8 Å². The Morgan fingerprint density at radius 3 is 2.88 bits per heavy atom. The monoisotopic (exact) mass is 359 g/mol. The number of carbonyl (C=O) groups excluding carboxylic acids is 2. The number of hydrazine groups is 1. The maximum atomic E-state index is 12.1. The molecule has 0 radical (unpaired) electrons. The predicted molar refractivity (Wildman–Crippen MR) is 97.0 cm³/mol. The third kappa shape index (κ3) is 4.76. The molecule has 0 aromatic heterocycles. The summed E-state index contributed by atoms with van der Waals surface area (Å²) in [6, 6.07) is 7.61. The second kappa shape index (κ2) is 8.71. The largest absolute Gasteiger partial charge is 0.497 e. The summed E-state index contributed by atoms with van der Waals surface area (Å²) in [6.45, 7) is 1.63. The zero-order valence-corrected chi connectivity index (χ0v) is 15.0. The average molecular weight is 359 g/mol. The fourth-order valence-electron chi connectivity index (χ4n) is 3.02. The lowest BCUT2D eigenvalue weighted by Crippen LogP contribution is -2.46. The van der Waals surface area contributed by atoms with Crippen LogP contribution in [0, 0.1) is 0 Å². The first-order chi connectivity index (χ1) is 12.7. The van der Waals surface area contributed by atoms with E-state index < -0.39 is 0 Å². The van der Waals surface area contributed by atoms with E-state index in [9.17, 15) is 9.59 Å². The van der Waals surface area contributed by atoms with E-state index in [0.29, 0.717) is 19.5 Å². The molecule has 0 bridgehead atoms. The normalized spacial score (nSPS) is 19.7. The van der Waals surface area contributed by atoms with Crippen LogP contribution in [0.3, 0.4) is 0 Å². The van der Waals surface area contributed by atoms with Crippen molar-refractivity contribution >= 4 is 17.5 Å². The summed E-state index contributed by atoms with van der Waals surface area (Å²) in [6.07, 6.45) is 4.58. The van der Waals surface area contributed by atoms with Gasteiger partial charge in [0.05, 0.1) is 25.5 Å². The van der Waals surface area contributed by atoms with Gasteiger partial charge in [-0.3, -0.25) is 20.0 Å². The van der Waals surface area contributed by atoms with Crippen molar-refractivity contribution in [1.82, 2.24) is 15.8 Å². The summed E-state index contributed by atoms with van der Waals surface area (Å²) in [5, 5.41) is 4.38. The highest BCUT2D eigenvalue weighted by atomic mass is 16.5. The number of ether oxygens (including phenoxy) is 2. The maximum Gasteiger partial charge on any atom is 0.244 e. The van der Waals surface area contributed by atoms with Crippen molar-refractivity contribution in [2.24, 2.45) is 0 Å². The van der Waals surface area contributed by atoms with Crippen LogP contribution in [0.25, 0.3) is 5.70 Å². The van der Waals surface area contributed by atoms with Crippen LogP contribution in [0.5, 0.6) is 5.75 Å². The van der Waals surface area contributed by atoms with Crippen LogP contribution in [0.15, 0.2) is 30.3 Å². The van der Waals surface area contributed by atoms with E-state index >= 15 is 0 Å². The quantitative estimate of drug-likeness (QED) is 0.770. The molecule has 1 unspecified atom stereocenters. The number of hydrogen-bond donors (Lipinski definition) is 2. The van der Waals surface area contributed by atoms with E-state index in [1.165, 1.54) is 5.01 Å². The first-order valence-corrected chi connectivity index (χ1v) is 8.95. The van der Waals surface area contributed by atoms with Crippen molar-refractivity contribution in [2.75, 3.05) is 26.8 Å². The first kappa shape index (κ1) is 18.3. The zero-order valence-electron chi connectivity index (χ0n) is 15.0. The Bertz CT molecular complexity index is 666. The molecule has 2 aliphatic rings. The van der Waals surface area contributed by atoms with Crippen molar-refractivity contribution in [1.29, 1.82) is 0 Å². The van der Waals surface area contributed by atoms with E-state index in [4.69, 9.17) is 9.47 Å². The van der Waals surface area contributed by atoms with Gasteiger partial charge < -0.3 is 14.8 Å². The molecule has 140 valence electrons. The highest BCUT2D eigenvalue weighted by Crippen LogP contribution is 2.20. The molecule has 2 heterocycles. The van der Waals surface area contributed by atoms with Crippen LogP contribution in [-0.4, -0.2) is 49.7 Å². The van der Waals surface area contributed by atoms with Crippen LogP contribution in [0.2, 0.25) is 0 Å². The van der Waals surface area contributed by atoms with Crippen molar-refractivity contribution in [3.05, 3.63) is 35.9 Å². The Labute approximate surface area is 153 Å². The molecule has 0 saturated carbocycles. The fourth-order valence-corrected chi connectivity index (χ4v) is 3.02. The predicted octanol–water partition coefficient (Wildman–Crippen LogP) is 1.46. The molecule has 7 nitrogen and oxygen atoms in total. The average Bonchev–Trinajstić information content (AvgIpc) is 3.19. The molecule has 1 aromatic rings. The number of amides is 2. The van der Waals surface area contributed by atoms with Crippen LogP contribution in [0.1, 0.15) is 31.2 Å². The third-order valence-electron chi connectivity index (χ3n) is 4.55. The number of rotatable bonds is 7. The van der Waals surface area contributed by atoms with E-state index in [-0.39, 0.29) is 24.3 Å². The van der Waals surface area contributed by atoms with Gasteiger partial charge in [-0.1, -0.05) is 0 Å². The Morgan fingerprint density at radius 2 is 2.19 bits per heavy atom. The van der Waals surface area contributed by atoms with Gasteiger partial charge in [0.1, 0.15) is 5.75 Å². The molecule has 1 aromatic carbocycles. The summed E-state index contributed by atoms with van der Waals surface area (Å²) >= 11 is 0. The van der Waals surface area contributed by atoms with Crippen LogP contribution in [0.4, 0.5) is 0 Å². The number of benzene rings is 1. The van der Waals surface area contributed by atoms with Gasteiger partial charge in [0.2, 0.25) is 11.8 Å². The van der Waals surface area contributed by atoms with Crippen molar-refractivity contribution < 1.29 is 19.1 Å². The Balaban J connectivity index is 1.49. The van der Waals surface area contributed by atoms with E-state index in [0.717, 1.165) is 36.5 Å². The highest BCUT2D eigenvalue weighted by molar-refractivity contribution is 5.84. The van der Waals surface area contributed by atoms with Gasteiger partial charge in [0, 0.05) is 26.0 Å². The lowest BCUT2D eigenvalue weighted by atomic mass is 10.1. The summed E-state index contributed by atoms with van der Waals surface area (Å²) in [5.74, 6) is 0.658. The lowest BCUT2D eigenvalue weighted by Gasteiger charge is -2.29. The molecule has 2 aliphatic heterocycles. The number of nitrogens with one attached hydrogen (secondary N) is 2. The first-order valence-electron chi connectivity index (χ1n) is 8.95. The van der Waals surface area contributed by atoms with Crippen molar-refractivity contribution in [3.8, 4) is 5.75 Å². The fraction of sp³-hybridized carbons (Fsp3) is 0.474. The smallest absolute Gasteiger partial charge is 0.244 e. The highest BCUT2D eigenvalue weighted by Gasteiger charge is 2.21. The maximum absolute atomic E-state index is 12.1. The second-order valence-corrected chi connectivity index (χ2v) is 6.40. The SMILES string of the molecule is COc1ccc(C2=CCC(=O)N(CCC(=O)NCC3CCCO3)N2)cc1. The molecule has 3 rings (SSSR count). The topological polar surface area (TPSA) is 79.9 Å². The summed E-state index contributed by atoms with van der Waals surface area (Å²) in [4.78, 5) is 24.1. The molecule has 26 heavy (non-hydrogen) atoms. The Hall–Kier alpha value is -2.54. The minimum Gasteiger partial charge on any atom is -0.497 e.